The summed E-state index contributed by atoms with van der Waals surface area (Å²) < 4.78 is 0. The van der Waals surface area contributed by atoms with Gasteiger partial charge in [-0.2, -0.15) is 10.2 Å². The van der Waals surface area contributed by atoms with Crippen LogP contribution in [0.1, 0.15) is 26.7 Å². The van der Waals surface area contributed by atoms with Gasteiger partial charge in [-0.15, -0.1) is 0 Å². The Labute approximate surface area is 62.0 Å². The zero-order valence-corrected chi connectivity index (χ0v) is 6.59. The van der Waals surface area contributed by atoms with E-state index in [1.54, 1.807) is 0 Å². The molecule has 0 aromatic heterocycles. The first-order valence-corrected chi connectivity index (χ1v) is 3.70. The number of allylic oxidation sites excluding steroid dienone is 1. The van der Waals surface area contributed by atoms with Crippen molar-refractivity contribution in [1.82, 2.24) is 0 Å². The topological polar surface area (TPSA) is 24.7 Å². The van der Waals surface area contributed by atoms with Crippen LogP contribution in [0.25, 0.3) is 0 Å². The van der Waals surface area contributed by atoms with E-state index in [0.717, 1.165) is 18.5 Å². The summed E-state index contributed by atoms with van der Waals surface area (Å²) in [4.78, 5) is 0. The van der Waals surface area contributed by atoms with Gasteiger partial charge in [0.1, 0.15) is 5.54 Å². The van der Waals surface area contributed by atoms with E-state index in [0.29, 0.717) is 0 Å². The Balaban J connectivity index is 2.73. The van der Waals surface area contributed by atoms with Crippen LogP contribution in [0, 0.1) is 6.92 Å². The van der Waals surface area contributed by atoms with Crippen LogP contribution in [0.3, 0.4) is 0 Å². The van der Waals surface area contributed by atoms with Gasteiger partial charge in [0.25, 0.3) is 0 Å². The minimum atomic E-state index is -0.245. The molecule has 0 saturated carbocycles. The Hall–Kier alpha value is -0.660. The van der Waals surface area contributed by atoms with Gasteiger partial charge in [-0.1, -0.05) is 13.8 Å². The molecule has 55 valence electrons. The smallest absolute Gasteiger partial charge is 0.102 e. The van der Waals surface area contributed by atoms with E-state index in [-0.39, 0.29) is 5.54 Å². The highest BCUT2D eigenvalue weighted by atomic mass is 15.2. The molecule has 1 radical (unpaired) electrons. The molecule has 0 aliphatic carbocycles. The highest BCUT2D eigenvalue weighted by Crippen LogP contribution is 2.27. The van der Waals surface area contributed by atoms with E-state index < -0.39 is 0 Å². The largest absolute Gasteiger partial charge is 0.178 e. The molecule has 0 fully saturated rings. The standard InChI is InChI=1S/C8H13N2/c1-4-7-6-8(3,5-2)10-9-7/h6H,3-5H2,1-2H3. The SMILES string of the molecule is [CH2]C1(CC)C=C(CC)N=N1. The van der Waals surface area contributed by atoms with Crippen LogP contribution in [-0.4, -0.2) is 5.54 Å². The Morgan fingerprint density at radius 2 is 2.30 bits per heavy atom. The van der Waals surface area contributed by atoms with E-state index in [1.165, 1.54) is 0 Å². The van der Waals surface area contributed by atoms with Gasteiger partial charge in [-0.25, -0.2) is 0 Å². The summed E-state index contributed by atoms with van der Waals surface area (Å²) in [5.41, 5.74) is 0.822. The van der Waals surface area contributed by atoms with Gasteiger partial charge in [0.15, 0.2) is 0 Å². The van der Waals surface area contributed by atoms with Gasteiger partial charge in [-0.3, -0.25) is 0 Å². The molecule has 0 aromatic rings. The number of rotatable bonds is 2. The zero-order valence-electron chi connectivity index (χ0n) is 6.59. The van der Waals surface area contributed by atoms with Crippen LogP contribution in [0.2, 0.25) is 0 Å². The van der Waals surface area contributed by atoms with Gasteiger partial charge in [-0.05, 0) is 25.8 Å². The first-order chi connectivity index (χ1) is 4.70. The van der Waals surface area contributed by atoms with Crippen molar-refractivity contribution in [2.45, 2.75) is 32.2 Å². The molecule has 0 amide bonds. The van der Waals surface area contributed by atoms with E-state index in [1.807, 2.05) is 6.08 Å². The normalized spacial score (nSPS) is 30.9. The van der Waals surface area contributed by atoms with E-state index in [2.05, 4.69) is 31.0 Å². The number of hydrogen-bond donors (Lipinski definition) is 0. The third-order valence-corrected chi connectivity index (χ3v) is 1.79. The van der Waals surface area contributed by atoms with Crippen molar-refractivity contribution in [2.75, 3.05) is 0 Å². The molecule has 1 unspecified atom stereocenters. The van der Waals surface area contributed by atoms with Crippen LogP contribution in [0.4, 0.5) is 0 Å². The first kappa shape index (κ1) is 7.45. The average molecular weight is 137 g/mol. The lowest BCUT2D eigenvalue weighted by Crippen LogP contribution is -2.13. The van der Waals surface area contributed by atoms with Crippen molar-refractivity contribution in [2.24, 2.45) is 10.2 Å². The molecule has 1 aliphatic rings. The summed E-state index contributed by atoms with van der Waals surface area (Å²) in [5.74, 6) is 0. The summed E-state index contributed by atoms with van der Waals surface area (Å²) in [6.07, 6.45) is 3.94. The third-order valence-electron chi connectivity index (χ3n) is 1.79. The summed E-state index contributed by atoms with van der Waals surface area (Å²) in [6, 6.07) is 0. The molecule has 0 bridgehead atoms. The summed E-state index contributed by atoms with van der Waals surface area (Å²) >= 11 is 0. The zero-order chi connectivity index (χ0) is 7.61. The molecular weight excluding hydrogens is 124 g/mol. The van der Waals surface area contributed by atoms with Crippen molar-refractivity contribution < 1.29 is 0 Å². The van der Waals surface area contributed by atoms with Crippen molar-refractivity contribution in [1.29, 1.82) is 0 Å². The third kappa shape index (κ3) is 1.25. The summed E-state index contributed by atoms with van der Waals surface area (Å²) in [6.45, 7) is 8.10. The molecule has 2 heteroatoms. The molecule has 0 spiro atoms. The summed E-state index contributed by atoms with van der Waals surface area (Å²) in [7, 11) is 0. The molecule has 0 aromatic carbocycles. The molecule has 2 nitrogen and oxygen atoms in total. The lowest BCUT2D eigenvalue weighted by Gasteiger charge is -2.11. The Morgan fingerprint density at radius 1 is 1.60 bits per heavy atom. The summed E-state index contributed by atoms with van der Waals surface area (Å²) in [5, 5.41) is 8.06. The van der Waals surface area contributed by atoms with Gasteiger partial charge < -0.3 is 0 Å². The van der Waals surface area contributed by atoms with Crippen LogP contribution in [0.15, 0.2) is 22.0 Å². The maximum atomic E-state index is 4.06. The first-order valence-electron chi connectivity index (χ1n) is 3.70. The fraction of sp³-hybridized carbons (Fsp3) is 0.625. The van der Waals surface area contributed by atoms with Crippen molar-refractivity contribution in [3.63, 3.8) is 0 Å². The molecule has 1 aliphatic heterocycles. The second kappa shape index (κ2) is 2.52. The van der Waals surface area contributed by atoms with Crippen molar-refractivity contribution in [3.8, 4) is 0 Å². The molecule has 1 atom stereocenters. The molecular formula is C8H13N2. The predicted octanol–water partition coefficient (Wildman–Crippen LogP) is 2.73. The molecule has 1 heterocycles. The van der Waals surface area contributed by atoms with Crippen LogP contribution in [-0.2, 0) is 0 Å². The number of nitrogens with zero attached hydrogens (tertiary/aromatic N) is 2. The fourth-order valence-electron chi connectivity index (χ4n) is 0.877. The lowest BCUT2D eigenvalue weighted by atomic mass is 10.00. The van der Waals surface area contributed by atoms with Gasteiger partial charge in [0.2, 0.25) is 0 Å². The highest BCUT2D eigenvalue weighted by molar-refractivity contribution is 5.18. The maximum absolute atomic E-state index is 4.06. The van der Waals surface area contributed by atoms with E-state index in [9.17, 15) is 0 Å². The van der Waals surface area contributed by atoms with E-state index in [4.69, 9.17) is 0 Å². The van der Waals surface area contributed by atoms with Crippen LogP contribution in [0.5, 0.6) is 0 Å². The second-order valence-corrected chi connectivity index (χ2v) is 2.65. The molecule has 0 saturated heterocycles. The fourth-order valence-corrected chi connectivity index (χ4v) is 0.877. The average Bonchev–Trinajstić information content (AvgIpc) is 2.33. The number of azo groups is 1. The van der Waals surface area contributed by atoms with Gasteiger partial charge in [0.05, 0.1) is 5.70 Å². The second-order valence-electron chi connectivity index (χ2n) is 2.65. The highest BCUT2D eigenvalue weighted by Gasteiger charge is 2.23. The Bertz CT molecular complexity index is 182. The quantitative estimate of drug-likeness (QED) is 0.559. The van der Waals surface area contributed by atoms with Gasteiger partial charge >= 0.3 is 0 Å². The lowest BCUT2D eigenvalue weighted by molar-refractivity contribution is 0.618. The number of hydrogen-bond acceptors (Lipinski definition) is 2. The predicted molar refractivity (Wildman–Crippen MR) is 41.6 cm³/mol. The van der Waals surface area contributed by atoms with Gasteiger partial charge in [0, 0.05) is 0 Å². The van der Waals surface area contributed by atoms with Crippen molar-refractivity contribution >= 4 is 0 Å². The molecule has 1 rings (SSSR count). The van der Waals surface area contributed by atoms with Crippen molar-refractivity contribution in [3.05, 3.63) is 18.7 Å². The van der Waals surface area contributed by atoms with Crippen LogP contribution >= 0.6 is 0 Å². The Morgan fingerprint density at radius 3 is 2.60 bits per heavy atom. The molecule has 10 heavy (non-hydrogen) atoms. The van der Waals surface area contributed by atoms with E-state index >= 15 is 0 Å². The minimum Gasteiger partial charge on any atom is -0.178 e. The monoisotopic (exact) mass is 137 g/mol. The molecule has 0 N–H and O–H groups in total. The Kier molecular flexibility index (Phi) is 1.88. The minimum absolute atomic E-state index is 0.245. The van der Waals surface area contributed by atoms with Crippen LogP contribution < -0.4 is 0 Å². The maximum Gasteiger partial charge on any atom is 0.102 e.